The summed E-state index contributed by atoms with van der Waals surface area (Å²) in [6.07, 6.45) is 0.957. The first-order valence-electron chi connectivity index (χ1n) is 6.42. The van der Waals surface area contributed by atoms with Gasteiger partial charge in [0.05, 0.1) is 10.9 Å². The number of pyridine rings is 1. The molecule has 0 atom stereocenters. The zero-order valence-electron chi connectivity index (χ0n) is 11.4. The molecule has 0 bridgehead atoms. The fourth-order valence-electron chi connectivity index (χ4n) is 2.31. The standard InChI is InChI=1S/C16H8F3NO3/c17-8-2-1-3-9(4-8)20-7-11(16(22)23)15(21)10-5-12(18)13(19)6-14(10)20/h1-7H,(H,22,23). The summed E-state index contributed by atoms with van der Waals surface area (Å²) < 4.78 is 41.5. The molecule has 0 radical (unpaired) electrons. The van der Waals surface area contributed by atoms with Crippen molar-refractivity contribution in [3.05, 3.63) is 75.8 Å². The molecule has 0 aliphatic rings. The van der Waals surface area contributed by atoms with Crippen LogP contribution in [-0.2, 0) is 0 Å². The molecular weight excluding hydrogens is 311 g/mol. The van der Waals surface area contributed by atoms with Gasteiger partial charge in [0.2, 0.25) is 5.43 Å². The lowest BCUT2D eigenvalue weighted by Crippen LogP contribution is -2.19. The lowest BCUT2D eigenvalue weighted by molar-refractivity contribution is 0.0695. The van der Waals surface area contributed by atoms with Crippen LogP contribution in [-0.4, -0.2) is 15.6 Å². The van der Waals surface area contributed by atoms with Crippen LogP contribution in [0.15, 0.2) is 47.4 Å². The van der Waals surface area contributed by atoms with Crippen LogP contribution in [0, 0.1) is 17.5 Å². The number of aromatic nitrogens is 1. The smallest absolute Gasteiger partial charge is 0.341 e. The highest BCUT2D eigenvalue weighted by Crippen LogP contribution is 2.21. The molecule has 23 heavy (non-hydrogen) atoms. The van der Waals surface area contributed by atoms with Crippen LogP contribution in [0.5, 0.6) is 0 Å². The molecule has 3 rings (SSSR count). The van der Waals surface area contributed by atoms with Gasteiger partial charge in [-0.3, -0.25) is 4.79 Å². The Labute approximate surface area is 127 Å². The Hall–Kier alpha value is -3.09. The third kappa shape index (κ3) is 2.46. The maximum atomic E-state index is 13.5. The van der Waals surface area contributed by atoms with Crippen molar-refractivity contribution in [1.82, 2.24) is 4.57 Å². The van der Waals surface area contributed by atoms with Gasteiger partial charge in [0.25, 0.3) is 0 Å². The van der Waals surface area contributed by atoms with Crippen molar-refractivity contribution in [3.63, 3.8) is 0 Å². The third-order valence-electron chi connectivity index (χ3n) is 3.36. The van der Waals surface area contributed by atoms with E-state index in [4.69, 9.17) is 5.11 Å². The number of carboxylic acid groups (broad SMARTS) is 1. The summed E-state index contributed by atoms with van der Waals surface area (Å²) in [5.41, 5.74) is -1.47. The minimum Gasteiger partial charge on any atom is -0.477 e. The van der Waals surface area contributed by atoms with Gasteiger partial charge in [-0.15, -0.1) is 0 Å². The van der Waals surface area contributed by atoms with E-state index in [1.165, 1.54) is 18.2 Å². The molecule has 0 saturated heterocycles. The highest BCUT2D eigenvalue weighted by Gasteiger charge is 2.17. The van der Waals surface area contributed by atoms with Crippen LogP contribution in [0.25, 0.3) is 16.6 Å². The van der Waals surface area contributed by atoms with Crippen LogP contribution in [0.2, 0.25) is 0 Å². The molecule has 0 fully saturated rings. The molecule has 116 valence electrons. The van der Waals surface area contributed by atoms with Gasteiger partial charge in [-0.1, -0.05) is 6.07 Å². The molecule has 0 aliphatic carbocycles. The number of hydrogen-bond donors (Lipinski definition) is 1. The van der Waals surface area contributed by atoms with E-state index in [2.05, 4.69) is 0 Å². The Bertz CT molecular complexity index is 1010. The van der Waals surface area contributed by atoms with E-state index in [0.29, 0.717) is 6.07 Å². The van der Waals surface area contributed by atoms with Crippen molar-refractivity contribution in [3.8, 4) is 5.69 Å². The minimum absolute atomic E-state index is 0.0653. The van der Waals surface area contributed by atoms with Crippen molar-refractivity contribution in [2.24, 2.45) is 0 Å². The molecule has 4 nitrogen and oxygen atoms in total. The Morgan fingerprint density at radius 3 is 2.39 bits per heavy atom. The number of benzene rings is 2. The molecule has 0 spiro atoms. The summed E-state index contributed by atoms with van der Waals surface area (Å²) in [5, 5.41) is 8.81. The number of nitrogens with zero attached hydrogens (tertiary/aromatic N) is 1. The summed E-state index contributed by atoms with van der Waals surface area (Å²) in [6.45, 7) is 0. The van der Waals surface area contributed by atoms with Gasteiger partial charge in [-0.25, -0.2) is 18.0 Å². The maximum absolute atomic E-state index is 13.5. The zero-order chi connectivity index (χ0) is 16.7. The second kappa shape index (κ2) is 5.28. The second-order valence-corrected chi connectivity index (χ2v) is 4.81. The van der Waals surface area contributed by atoms with Gasteiger partial charge in [0.15, 0.2) is 11.6 Å². The average molecular weight is 319 g/mol. The average Bonchev–Trinajstić information content (AvgIpc) is 2.49. The van der Waals surface area contributed by atoms with Gasteiger partial charge in [-0.2, -0.15) is 0 Å². The molecule has 7 heteroatoms. The van der Waals surface area contributed by atoms with Crippen molar-refractivity contribution >= 4 is 16.9 Å². The van der Waals surface area contributed by atoms with Crippen molar-refractivity contribution in [2.75, 3.05) is 0 Å². The fourth-order valence-corrected chi connectivity index (χ4v) is 2.31. The van der Waals surface area contributed by atoms with Crippen LogP contribution >= 0.6 is 0 Å². The Morgan fingerprint density at radius 1 is 1.04 bits per heavy atom. The molecule has 1 aromatic heterocycles. The topological polar surface area (TPSA) is 59.3 Å². The van der Waals surface area contributed by atoms with Crippen LogP contribution in [0.3, 0.4) is 0 Å². The van der Waals surface area contributed by atoms with Crippen molar-refractivity contribution < 1.29 is 23.1 Å². The molecule has 0 saturated carbocycles. The Morgan fingerprint density at radius 2 is 1.74 bits per heavy atom. The highest BCUT2D eigenvalue weighted by atomic mass is 19.2. The fraction of sp³-hybridized carbons (Fsp3) is 0. The van der Waals surface area contributed by atoms with E-state index in [-0.39, 0.29) is 16.6 Å². The molecule has 1 heterocycles. The summed E-state index contributed by atoms with van der Waals surface area (Å²) in [7, 11) is 0. The Kier molecular flexibility index (Phi) is 3.40. The van der Waals surface area contributed by atoms with E-state index in [1.54, 1.807) is 0 Å². The number of rotatable bonds is 2. The van der Waals surface area contributed by atoms with Crippen LogP contribution < -0.4 is 5.43 Å². The second-order valence-electron chi connectivity index (χ2n) is 4.81. The third-order valence-corrected chi connectivity index (χ3v) is 3.36. The molecular formula is C16H8F3NO3. The number of fused-ring (bicyclic) bond motifs is 1. The zero-order valence-corrected chi connectivity index (χ0v) is 11.4. The quantitative estimate of drug-likeness (QED) is 0.789. The molecule has 0 amide bonds. The molecule has 0 unspecified atom stereocenters. The first kappa shape index (κ1) is 14.8. The predicted molar refractivity (Wildman–Crippen MR) is 76.4 cm³/mol. The number of carbonyl (C=O) groups is 1. The molecule has 1 N–H and O–H groups in total. The summed E-state index contributed by atoms with van der Waals surface area (Å²) in [4.78, 5) is 23.3. The normalized spacial score (nSPS) is 10.9. The van der Waals surface area contributed by atoms with Gasteiger partial charge in [0.1, 0.15) is 11.4 Å². The number of hydrogen-bond acceptors (Lipinski definition) is 2. The van der Waals surface area contributed by atoms with Crippen LogP contribution in [0.1, 0.15) is 10.4 Å². The van der Waals surface area contributed by atoms with E-state index in [1.807, 2.05) is 0 Å². The summed E-state index contributed by atoms with van der Waals surface area (Å²) in [6, 6.07) is 6.47. The lowest BCUT2D eigenvalue weighted by Gasteiger charge is -2.13. The number of halogens is 3. The van der Waals surface area contributed by atoms with E-state index < -0.39 is 34.4 Å². The van der Waals surface area contributed by atoms with Crippen molar-refractivity contribution in [2.45, 2.75) is 0 Å². The maximum Gasteiger partial charge on any atom is 0.341 e. The van der Waals surface area contributed by atoms with Gasteiger partial charge in [0, 0.05) is 18.0 Å². The number of carboxylic acids is 1. The summed E-state index contributed by atoms with van der Waals surface area (Å²) >= 11 is 0. The monoisotopic (exact) mass is 319 g/mol. The summed E-state index contributed by atoms with van der Waals surface area (Å²) in [5.74, 6) is -4.60. The van der Waals surface area contributed by atoms with E-state index >= 15 is 0 Å². The Balaban J connectivity index is 2.49. The highest BCUT2D eigenvalue weighted by molar-refractivity contribution is 5.93. The van der Waals surface area contributed by atoms with E-state index in [0.717, 1.165) is 22.9 Å². The predicted octanol–water partition coefficient (Wildman–Crippen LogP) is 3.11. The van der Waals surface area contributed by atoms with Gasteiger partial charge >= 0.3 is 5.97 Å². The van der Waals surface area contributed by atoms with E-state index in [9.17, 15) is 22.8 Å². The van der Waals surface area contributed by atoms with Gasteiger partial charge < -0.3 is 9.67 Å². The first-order valence-corrected chi connectivity index (χ1v) is 6.42. The number of aromatic carboxylic acids is 1. The van der Waals surface area contributed by atoms with Crippen LogP contribution in [0.4, 0.5) is 13.2 Å². The molecule has 2 aromatic carbocycles. The molecule has 3 aromatic rings. The SMILES string of the molecule is O=C(O)c1cn(-c2cccc(F)c2)c2cc(F)c(F)cc2c1=O. The van der Waals surface area contributed by atoms with Crippen molar-refractivity contribution in [1.29, 1.82) is 0 Å². The first-order chi connectivity index (χ1) is 10.9. The minimum atomic E-state index is -1.52. The largest absolute Gasteiger partial charge is 0.477 e. The van der Waals surface area contributed by atoms with Gasteiger partial charge in [-0.05, 0) is 24.3 Å². The molecule has 0 aliphatic heterocycles. The lowest BCUT2D eigenvalue weighted by atomic mass is 10.1.